The van der Waals surface area contributed by atoms with E-state index in [-0.39, 0.29) is 12.3 Å². The zero-order chi connectivity index (χ0) is 12.5. The van der Waals surface area contributed by atoms with Crippen molar-refractivity contribution in [3.05, 3.63) is 12.2 Å². The molecule has 0 heterocycles. The number of carboxylic acids is 1. The van der Waals surface area contributed by atoms with Gasteiger partial charge in [-0.2, -0.15) is 0 Å². The molecule has 96 valence electrons. The van der Waals surface area contributed by atoms with Crippen molar-refractivity contribution in [2.75, 3.05) is 0 Å². The highest BCUT2D eigenvalue weighted by Crippen LogP contribution is 2.22. The van der Waals surface area contributed by atoms with Crippen LogP contribution in [0.1, 0.15) is 57.8 Å². The maximum absolute atomic E-state index is 11.3. The summed E-state index contributed by atoms with van der Waals surface area (Å²) in [5.74, 6) is -0.130. The third-order valence-corrected chi connectivity index (χ3v) is 3.23. The zero-order valence-electron chi connectivity index (χ0n) is 10.4. The summed E-state index contributed by atoms with van der Waals surface area (Å²) in [6, 6.07) is 0. The Morgan fingerprint density at radius 1 is 1.29 bits per heavy atom. The maximum Gasteiger partial charge on any atom is 0.303 e. The van der Waals surface area contributed by atoms with Crippen molar-refractivity contribution in [1.82, 2.24) is 0 Å². The number of rotatable bonds is 8. The average Bonchev–Trinajstić information content (AvgIpc) is 2.68. The third-order valence-electron chi connectivity index (χ3n) is 3.23. The smallest absolute Gasteiger partial charge is 0.303 e. The number of unbranched alkanes of at least 4 members (excludes halogenated alkanes) is 4. The zero-order valence-corrected chi connectivity index (χ0v) is 10.4. The van der Waals surface area contributed by atoms with E-state index in [2.05, 4.69) is 12.2 Å². The Labute approximate surface area is 103 Å². The van der Waals surface area contributed by atoms with Gasteiger partial charge in [0.05, 0.1) is 0 Å². The molecule has 0 aromatic rings. The highest BCUT2D eigenvalue weighted by molar-refractivity contribution is 5.84. The molecule has 17 heavy (non-hydrogen) atoms. The van der Waals surface area contributed by atoms with Crippen LogP contribution in [0, 0.1) is 5.92 Å². The van der Waals surface area contributed by atoms with E-state index >= 15 is 0 Å². The first-order valence-corrected chi connectivity index (χ1v) is 6.61. The van der Waals surface area contributed by atoms with Crippen LogP contribution in [0.25, 0.3) is 0 Å². The second-order valence-corrected chi connectivity index (χ2v) is 4.74. The Morgan fingerprint density at radius 2 is 2.06 bits per heavy atom. The number of hydrogen-bond acceptors (Lipinski definition) is 2. The molecule has 0 aromatic carbocycles. The van der Waals surface area contributed by atoms with Crippen LogP contribution in [-0.2, 0) is 9.59 Å². The molecule has 1 N–H and O–H groups in total. The molecule has 3 heteroatoms. The van der Waals surface area contributed by atoms with Gasteiger partial charge in [0.2, 0.25) is 0 Å². The van der Waals surface area contributed by atoms with E-state index in [4.69, 9.17) is 5.11 Å². The lowest BCUT2D eigenvalue weighted by Gasteiger charge is -2.00. The van der Waals surface area contributed by atoms with Gasteiger partial charge in [0.15, 0.2) is 0 Å². The first-order chi connectivity index (χ1) is 8.20. The lowest BCUT2D eigenvalue weighted by Crippen LogP contribution is -2.01. The Hall–Kier alpha value is -1.12. The fourth-order valence-electron chi connectivity index (χ4n) is 2.20. The van der Waals surface area contributed by atoms with Gasteiger partial charge in [-0.25, -0.2) is 0 Å². The number of carboxylic acid groups (broad SMARTS) is 1. The number of carbonyl (C=O) groups excluding carboxylic acids is 1. The number of Topliss-reactive ketones (excluding diaryl/α,β-unsaturated/α-hetero) is 1. The Kier molecular flexibility index (Phi) is 6.60. The minimum absolute atomic E-state index is 0.182. The van der Waals surface area contributed by atoms with Gasteiger partial charge in [0.25, 0.3) is 0 Å². The van der Waals surface area contributed by atoms with Crippen molar-refractivity contribution in [1.29, 1.82) is 0 Å². The normalized spacial score (nSPS) is 20.2. The van der Waals surface area contributed by atoms with Crippen molar-refractivity contribution in [2.24, 2.45) is 5.92 Å². The quantitative estimate of drug-likeness (QED) is 0.521. The number of hydrogen-bond donors (Lipinski definition) is 1. The Balaban J connectivity index is 1.95. The van der Waals surface area contributed by atoms with E-state index in [1.165, 1.54) is 0 Å². The van der Waals surface area contributed by atoms with E-state index in [1.807, 2.05) is 0 Å². The number of aliphatic carboxylic acids is 1. The summed E-state index contributed by atoms with van der Waals surface area (Å²) in [4.78, 5) is 21.6. The van der Waals surface area contributed by atoms with Crippen molar-refractivity contribution in [3.8, 4) is 0 Å². The van der Waals surface area contributed by atoms with Crippen LogP contribution in [0.3, 0.4) is 0 Å². The lowest BCUT2D eigenvalue weighted by molar-refractivity contribution is -0.137. The molecule has 0 radical (unpaired) electrons. The number of ketones is 1. The molecule has 1 unspecified atom stereocenters. The molecule has 1 aliphatic carbocycles. The van der Waals surface area contributed by atoms with Crippen LogP contribution in [-0.4, -0.2) is 16.9 Å². The van der Waals surface area contributed by atoms with Gasteiger partial charge in [-0.05, 0) is 32.1 Å². The molecule has 1 aliphatic rings. The van der Waals surface area contributed by atoms with Crippen LogP contribution in [0.4, 0.5) is 0 Å². The van der Waals surface area contributed by atoms with E-state index < -0.39 is 5.97 Å². The van der Waals surface area contributed by atoms with Crippen LogP contribution in [0.5, 0.6) is 0 Å². The lowest BCUT2D eigenvalue weighted by atomic mass is 10.1. The van der Waals surface area contributed by atoms with Crippen LogP contribution in [0.2, 0.25) is 0 Å². The minimum atomic E-state index is -0.704. The van der Waals surface area contributed by atoms with Crippen LogP contribution in [0.15, 0.2) is 12.2 Å². The van der Waals surface area contributed by atoms with Crippen molar-refractivity contribution < 1.29 is 14.7 Å². The molecular weight excluding hydrogens is 216 g/mol. The molecule has 1 fully saturated rings. The van der Waals surface area contributed by atoms with Gasteiger partial charge in [-0.3, -0.25) is 9.59 Å². The van der Waals surface area contributed by atoms with Crippen molar-refractivity contribution in [2.45, 2.75) is 57.8 Å². The van der Waals surface area contributed by atoms with Gasteiger partial charge in [0.1, 0.15) is 5.78 Å². The Bertz CT molecular complexity index is 281. The van der Waals surface area contributed by atoms with Gasteiger partial charge in [-0.15, -0.1) is 0 Å². The summed E-state index contributed by atoms with van der Waals surface area (Å²) < 4.78 is 0. The van der Waals surface area contributed by atoms with Gasteiger partial charge < -0.3 is 5.11 Å². The summed E-state index contributed by atoms with van der Waals surface area (Å²) >= 11 is 0. The van der Waals surface area contributed by atoms with Crippen molar-refractivity contribution >= 4 is 11.8 Å². The van der Waals surface area contributed by atoms with Gasteiger partial charge in [-0.1, -0.05) is 25.0 Å². The first-order valence-electron chi connectivity index (χ1n) is 6.61. The fraction of sp³-hybridized carbons (Fsp3) is 0.714. The Morgan fingerprint density at radius 3 is 2.71 bits per heavy atom. The standard InChI is InChI=1S/C14H22O3/c15-13-10-7-9-12(13)8-5-3-1-2-4-6-11-14(16)17/h5,8,12H,1-4,6-7,9-11H2,(H,16,17). The van der Waals surface area contributed by atoms with Gasteiger partial charge >= 0.3 is 5.97 Å². The van der Waals surface area contributed by atoms with E-state index in [1.54, 1.807) is 0 Å². The number of carbonyl (C=O) groups is 2. The molecule has 1 rings (SSSR count). The predicted molar refractivity (Wildman–Crippen MR) is 66.8 cm³/mol. The topological polar surface area (TPSA) is 54.4 Å². The van der Waals surface area contributed by atoms with E-state index in [9.17, 15) is 9.59 Å². The van der Waals surface area contributed by atoms with Crippen molar-refractivity contribution in [3.63, 3.8) is 0 Å². The summed E-state index contributed by atoms with van der Waals surface area (Å²) in [5, 5.41) is 8.46. The SMILES string of the molecule is O=C(O)CCCCCCC=CC1CCCC1=O. The van der Waals surface area contributed by atoms with Crippen LogP contribution >= 0.6 is 0 Å². The summed E-state index contributed by atoms with van der Waals surface area (Å²) in [7, 11) is 0. The molecule has 0 amide bonds. The van der Waals surface area contributed by atoms with E-state index in [0.717, 1.165) is 51.4 Å². The molecular formula is C14H22O3. The average molecular weight is 238 g/mol. The molecule has 1 atom stereocenters. The molecule has 0 aliphatic heterocycles. The summed E-state index contributed by atoms with van der Waals surface area (Å²) in [5.41, 5.74) is 0. The van der Waals surface area contributed by atoms with E-state index in [0.29, 0.717) is 5.78 Å². The maximum atomic E-state index is 11.3. The summed E-state index contributed by atoms with van der Waals surface area (Å²) in [6.07, 6.45) is 12.2. The molecule has 3 nitrogen and oxygen atoms in total. The molecule has 1 saturated carbocycles. The molecule has 0 bridgehead atoms. The van der Waals surface area contributed by atoms with Gasteiger partial charge in [0, 0.05) is 18.8 Å². The second-order valence-electron chi connectivity index (χ2n) is 4.74. The second kappa shape index (κ2) is 8.04. The monoisotopic (exact) mass is 238 g/mol. The third kappa shape index (κ3) is 6.25. The highest BCUT2D eigenvalue weighted by atomic mass is 16.4. The summed E-state index contributed by atoms with van der Waals surface area (Å²) in [6.45, 7) is 0. The van der Waals surface area contributed by atoms with Crippen LogP contribution < -0.4 is 0 Å². The fourth-order valence-corrected chi connectivity index (χ4v) is 2.20. The predicted octanol–water partition coefficient (Wildman–Crippen LogP) is 3.34. The molecule has 0 spiro atoms. The molecule has 0 saturated heterocycles. The first kappa shape index (κ1) is 13.9. The number of allylic oxidation sites excluding steroid dienone is 2. The molecule has 0 aromatic heterocycles. The largest absolute Gasteiger partial charge is 0.481 e. The highest BCUT2D eigenvalue weighted by Gasteiger charge is 2.20. The minimum Gasteiger partial charge on any atom is -0.481 e.